The smallest absolute Gasteiger partial charge is 0.254 e. The molecule has 6 heteroatoms. The van der Waals surface area contributed by atoms with E-state index in [2.05, 4.69) is 29.4 Å². The zero-order valence-electron chi connectivity index (χ0n) is 18.3. The number of ether oxygens (including phenoxy) is 2. The van der Waals surface area contributed by atoms with Gasteiger partial charge >= 0.3 is 0 Å². The quantitative estimate of drug-likeness (QED) is 0.457. The van der Waals surface area contributed by atoms with Crippen molar-refractivity contribution in [2.45, 2.75) is 11.8 Å². The Labute approximate surface area is 191 Å². The molecular formula is C27H22N2O4. The van der Waals surface area contributed by atoms with Crippen LogP contribution in [0, 0.1) is 11.8 Å². The predicted molar refractivity (Wildman–Crippen MR) is 123 cm³/mol. The molecule has 2 bridgehead atoms. The minimum atomic E-state index is -0.448. The van der Waals surface area contributed by atoms with Crippen LogP contribution < -0.4 is 9.47 Å². The lowest BCUT2D eigenvalue weighted by Crippen LogP contribution is -2.41. The van der Waals surface area contributed by atoms with E-state index in [-0.39, 0.29) is 23.7 Å². The Morgan fingerprint density at radius 1 is 0.758 bits per heavy atom. The van der Waals surface area contributed by atoms with Gasteiger partial charge in [0.2, 0.25) is 0 Å². The van der Waals surface area contributed by atoms with Crippen LogP contribution in [0.2, 0.25) is 0 Å². The van der Waals surface area contributed by atoms with Gasteiger partial charge in [-0.1, -0.05) is 48.5 Å². The van der Waals surface area contributed by atoms with E-state index in [1.54, 1.807) is 32.4 Å². The van der Waals surface area contributed by atoms with Gasteiger partial charge in [0.05, 0.1) is 32.3 Å². The Kier molecular flexibility index (Phi) is 4.37. The molecule has 33 heavy (non-hydrogen) atoms. The van der Waals surface area contributed by atoms with Crippen LogP contribution in [-0.2, 0) is 9.59 Å². The number of hydrogen-bond donors (Lipinski definition) is 0. The molecule has 3 aliphatic carbocycles. The summed E-state index contributed by atoms with van der Waals surface area (Å²) in [5, 5.41) is 5.42. The highest BCUT2D eigenvalue weighted by Gasteiger charge is 2.61. The SMILES string of the molecule is COc1ccc(OC)c(/C=N\N2C(=O)[C@H]3C4c5ccccc5C(c5ccccc54)[C@@H]3C2=O)c1. The largest absolute Gasteiger partial charge is 0.497 e. The van der Waals surface area contributed by atoms with Crippen LogP contribution >= 0.6 is 0 Å². The van der Waals surface area contributed by atoms with E-state index in [0.29, 0.717) is 17.1 Å². The molecule has 1 heterocycles. The molecule has 2 atom stereocenters. The standard InChI is InChI=1S/C27H22N2O4/c1-32-16-11-12-21(33-2)15(13-16)14-28-29-26(30)24-22-17-7-3-4-8-18(17)23(25(24)27(29)31)20-10-6-5-9-19(20)22/h3-14,22-25H,1-2H3/b28-14-/t22?,23?,24-,25-/m0/s1. The highest BCUT2D eigenvalue weighted by molar-refractivity contribution is 6.08. The summed E-state index contributed by atoms with van der Waals surface area (Å²) >= 11 is 0. The number of methoxy groups -OCH3 is 2. The summed E-state index contributed by atoms with van der Waals surface area (Å²) in [6, 6.07) is 21.7. The second kappa shape index (κ2) is 7.30. The van der Waals surface area contributed by atoms with E-state index in [4.69, 9.17) is 9.47 Å². The van der Waals surface area contributed by atoms with Crippen molar-refractivity contribution in [3.8, 4) is 11.5 Å². The van der Waals surface area contributed by atoms with Gasteiger partial charge in [-0.25, -0.2) is 0 Å². The van der Waals surface area contributed by atoms with Gasteiger partial charge in [0.1, 0.15) is 11.5 Å². The monoisotopic (exact) mass is 438 g/mol. The Morgan fingerprint density at radius 3 is 1.73 bits per heavy atom. The van der Waals surface area contributed by atoms with Gasteiger partial charge < -0.3 is 9.47 Å². The second-order valence-electron chi connectivity index (χ2n) is 8.61. The second-order valence-corrected chi connectivity index (χ2v) is 8.61. The number of rotatable bonds is 4. The van der Waals surface area contributed by atoms with Crippen molar-refractivity contribution in [2.24, 2.45) is 16.9 Å². The summed E-state index contributed by atoms with van der Waals surface area (Å²) in [6.45, 7) is 0. The summed E-state index contributed by atoms with van der Waals surface area (Å²) in [5.74, 6) is -0.465. The lowest BCUT2D eigenvalue weighted by atomic mass is 9.55. The Hall–Kier alpha value is -3.93. The first kappa shape index (κ1) is 19.7. The van der Waals surface area contributed by atoms with Gasteiger partial charge in [0.25, 0.3) is 11.8 Å². The third-order valence-electron chi connectivity index (χ3n) is 7.17. The number of carbonyl (C=O) groups excluding carboxylic acids is 2. The minimum Gasteiger partial charge on any atom is -0.497 e. The van der Waals surface area contributed by atoms with Crippen LogP contribution in [0.25, 0.3) is 0 Å². The fraction of sp³-hybridized carbons (Fsp3) is 0.222. The Morgan fingerprint density at radius 2 is 1.27 bits per heavy atom. The van der Waals surface area contributed by atoms with Gasteiger partial charge in [-0.3, -0.25) is 9.59 Å². The summed E-state index contributed by atoms with van der Waals surface area (Å²) in [4.78, 5) is 27.2. The van der Waals surface area contributed by atoms with Crippen molar-refractivity contribution in [3.05, 3.63) is 94.5 Å². The van der Waals surface area contributed by atoms with E-state index < -0.39 is 11.8 Å². The van der Waals surface area contributed by atoms with E-state index in [0.717, 1.165) is 27.3 Å². The number of imide groups is 1. The Bertz CT molecular complexity index is 1220. The molecule has 0 aromatic heterocycles. The highest BCUT2D eigenvalue weighted by Crippen LogP contribution is 2.60. The molecule has 3 aromatic rings. The van der Waals surface area contributed by atoms with E-state index >= 15 is 0 Å². The molecule has 1 saturated heterocycles. The van der Waals surface area contributed by atoms with Crippen molar-refractivity contribution in [1.29, 1.82) is 0 Å². The van der Waals surface area contributed by atoms with Gasteiger partial charge in [0, 0.05) is 17.4 Å². The maximum Gasteiger partial charge on any atom is 0.254 e. The third kappa shape index (κ3) is 2.70. The maximum atomic E-state index is 13.6. The zero-order chi connectivity index (χ0) is 22.7. The number of amides is 2. The molecular weight excluding hydrogens is 416 g/mol. The lowest BCUT2D eigenvalue weighted by Gasteiger charge is -2.45. The molecule has 0 spiro atoms. The molecule has 6 nitrogen and oxygen atoms in total. The summed E-state index contributed by atoms with van der Waals surface area (Å²) in [6.07, 6.45) is 1.50. The molecule has 0 saturated carbocycles. The molecule has 4 aliphatic rings. The van der Waals surface area contributed by atoms with Crippen molar-refractivity contribution in [3.63, 3.8) is 0 Å². The predicted octanol–water partition coefficient (Wildman–Crippen LogP) is 3.93. The normalized spacial score (nSPS) is 24.6. The minimum absolute atomic E-state index is 0.143. The van der Waals surface area contributed by atoms with Crippen LogP contribution in [-0.4, -0.2) is 37.3 Å². The Balaban J connectivity index is 1.43. The zero-order valence-corrected chi connectivity index (χ0v) is 18.3. The van der Waals surface area contributed by atoms with Crippen molar-refractivity contribution >= 4 is 18.0 Å². The van der Waals surface area contributed by atoms with Crippen molar-refractivity contribution < 1.29 is 19.1 Å². The first-order chi connectivity index (χ1) is 16.1. The summed E-state index contributed by atoms with van der Waals surface area (Å²) in [5.41, 5.74) is 5.20. The fourth-order valence-electron chi connectivity index (χ4n) is 5.84. The molecule has 1 aliphatic heterocycles. The van der Waals surface area contributed by atoms with Crippen LogP contribution in [0.4, 0.5) is 0 Å². The number of hydrogen-bond acceptors (Lipinski definition) is 5. The highest BCUT2D eigenvalue weighted by atomic mass is 16.5. The third-order valence-corrected chi connectivity index (χ3v) is 7.17. The number of carbonyl (C=O) groups is 2. The number of nitrogens with zero attached hydrogens (tertiary/aromatic N) is 2. The summed E-state index contributed by atoms with van der Waals surface area (Å²) in [7, 11) is 3.14. The van der Waals surface area contributed by atoms with Crippen molar-refractivity contribution in [2.75, 3.05) is 14.2 Å². The number of hydrazone groups is 1. The van der Waals surface area contributed by atoms with E-state index in [1.165, 1.54) is 6.21 Å². The molecule has 0 N–H and O–H groups in total. The molecule has 7 rings (SSSR count). The topological polar surface area (TPSA) is 68.2 Å². The first-order valence-corrected chi connectivity index (χ1v) is 11.0. The number of benzene rings is 3. The van der Waals surface area contributed by atoms with Gasteiger partial charge in [-0.05, 0) is 40.5 Å². The van der Waals surface area contributed by atoms with Gasteiger partial charge in [-0.2, -0.15) is 10.1 Å². The van der Waals surface area contributed by atoms with Crippen LogP contribution in [0.3, 0.4) is 0 Å². The average Bonchev–Trinajstić information content (AvgIpc) is 3.12. The summed E-state index contributed by atoms with van der Waals surface area (Å²) < 4.78 is 10.7. The first-order valence-electron chi connectivity index (χ1n) is 11.0. The molecule has 164 valence electrons. The van der Waals surface area contributed by atoms with Crippen LogP contribution in [0.15, 0.2) is 71.8 Å². The van der Waals surface area contributed by atoms with Crippen LogP contribution in [0.1, 0.15) is 39.7 Å². The molecule has 3 aromatic carbocycles. The molecule has 2 amide bonds. The lowest BCUT2D eigenvalue weighted by molar-refractivity contribution is -0.139. The van der Waals surface area contributed by atoms with E-state index in [9.17, 15) is 9.59 Å². The fourth-order valence-corrected chi connectivity index (χ4v) is 5.84. The molecule has 1 fully saturated rings. The van der Waals surface area contributed by atoms with Crippen LogP contribution in [0.5, 0.6) is 11.5 Å². The van der Waals surface area contributed by atoms with E-state index in [1.807, 2.05) is 24.3 Å². The van der Waals surface area contributed by atoms with Crippen molar-refractivity contribution in [1.82, 2.24) is 5.01 Å². The van der Waals surface area contributed by atoms with Gasteiger partial charge in [0.15, 0.2) is 0 Å². The van der Waals surface area contributed by atoms with Gasteiger partial charge in [-0.15, -0.1) is 0 Å². The average molecular weight is 438 g/mol. The maximum absolute atomic E-state index is 13.6. The molecule has 0 radical (unpaired) electrons. The molecule has 0 unspecified atom stereocenters.